The smallest absolute Gasteiger partial charge is 0.417 e. The van der Waals surface area contributed by atoms with Gasteiger partial charge in [-0.15, -0.1) is 0 Å². The molecule has 0 saturated heterocycles. The minimum absolute atomic E-state index is 0.0318. The van der Waals surface area contributed by atoms with Gasteiger partial charge in [0.1, 0.15) is 18.1 Å². The molecular formula is C34H33F4N5O6. The van der Waals surface area contributed by atoms with Crippen molar-refractivity contribution in [2.24, 2.45) is 0 Å². The summed E-state index contributed by atoms with van der Waals surface area (Å²) in [5.41, 5.74) is 0.478. The highest BCUT2D eigenvalue weighted by Gasteiger charge is 2.34. The molecule has 0 aliphatic carbocycles. The third-order valence-corrected chi connectivity index (χ3v) is 7.20. The number of rotatable bonds is 16. The van der Waals surface area contributed by atoms with E-state index in [1.54, 1.807) is 43.5 Å². The molecule has 0 spiro atoms. The van der Waals surface area contributed by atoms with Crippen molar-refractivity contribution in [2.75, 3.05) is 52.9 Å². The molecule has 5 rings (SSSR count). The Bertz CT molecular complexity index is 1800. The normalized spacial score (nSPS) is 12.4. The molecule has 49 heavy (non-hydrogen) atoms. The molecule has 1 atom stereocenters. The lowest BCUT2D eigenvalue weighted by molar-refractivity contribution is -0.148. The van der Waals surface area contributed by atoms with Crippen molar-refractivity contribution in [1.82, 2.24) is 24.7 Å². The first-order valence-electron chi connectivity index (χ1n) is 15.3. The van der Waals surface area contributed by atoms with E-state index >= 15 is 0 Å². The minimum Gasteiger partial charge on any atom is -0.461 e. The number of aromatic nitrogens is 5. The maximum Gasteiger partial charge on any atom is 0.417 e. The Kier molecular flexibility index (Phi) is 12.0. The molecule has 1 N–H and O–H groups in total. The number of benzene rings is 2. The van der Waals surface area contributed by atoms with Gasteiger partial charge in [0.25, 0.3) is 0 Å². The number of esters is 1. The number of aliphatic hydroxyl groups is 1. The van der Waals surface area contributed by atoms with Gasteiger partial charge in [-0.3, -0.25) is 0 Å². The van der Waals surface area contributed by atoms with E-state index in [1.807, 2.05) is 0 Å². The number of aryl methyl sites for hydroxylation is 1. The van der Waals surface area contributed by atoms with Crippen LogP contribution in [0.3, 0.4) is 0 Å². The molecule has 3 aromatic rings. The number of halogens is 4. The molecule has 0 amide bonds. The largest absolute Gasteiger partial charge is 0.461 e. The Hall–Kier alpha value is -4.83. The monoisotopic (exact) mass is 683 g/mol. The summed E-state index contributed by atoms with van der Waals surface area (Å²) in [5, 5.41) is 16.9. The van der Waals surface area contributed by atoms with Crippen molar-refractivity contribution in [3.05, 3.63) is 95.7 Å². The van der Waals surface area contributed by atoms with Gasteiger partial charge in [0.2, 0.25) is 0 Å². The van der Waals surface area contributed by atoms with Crippen LogP contribution >= 0.6 is 0 Å². The predicted octanol–water partition coefficient (Wildman–Crippen LogP) is 5.15. The van der Waals surface area contributed by atoms with E-state index in [0.29, 0.717) is 30.2 Å². The lowest BCUT2D eigenvalue weighted by Crippen LogP contribution is -2.26. The Morgan fingerprint density at radius 2 is 1.51 bits per heavy atom. The summed E-state index contributed by atoms with van der Waals surface area (Å²) in [5.74, 6) is -1.08. The van der Waals surface area contributed by atoms with Gasteiger partial charge in [-0.25, -0.2) is 19.2 Å². The van der Waals surface area contributed by atoms with Gasteiger partial charge >= 0.3 is 12.1 Å². The van der Waals surface area contributed by atoms with E-state index < -0.39 is 29.6 Å². The second-order valence-corrected chi connectivity index (χ2v) is 10.7. The first-order valence-corrected chi connectivity index (χ1v) is 15.3. The molecule has 0 fully saturated rings. The van der Waals surface area contributed by atoms with Crippen LogP contribution in [0.1, 0.15) is 22.9 Å². The fraction of sp³-hybridized carbons (Fsp3) is 0.324. The molecule has 0 bridgehead atoms. The number of nitrogens with zero attached hydrogens (tertiary/aromatic N) is 5. The van der Waals surface area contributed by atoms with Crippen molar-refractivity contribution in [3.63, 3.8) is 0 Å². The lowest BCUT2D eigenvalue weighted by Gasteiger charge is -2.20. The Morgan fingerprint density at radius 3 is 2.18 bits per heavy atom. The summed E-state index contributed by atoms with van der Waals surface area (Å²) >= 11 is 0. The predicted molar refractivity (Wildman–Crippen MR) is 168 cm³/mol. The number of alkyl halides is 3. The number of ether oxygens (including phenoxy) is 4. The average Bonchev–Trinajstić information content (AvgIpc) is 3.51. The van der Waals surface area contributed by atoms with Crippen LogP contribution in [0.15, 0.2) is 73.1 Å². The summed E-state index contributed by atoms with van der Waals surface area (Å²) in [6.07, 6.45) is -1.55. The van der Waals surface area contributed by atoms with E-state index in [4.69, 9.17) is 24.1 Å². The highest BCUT2D eigenvalue weighted by molar-refractivity contribution is 5.78. The third kappa shape index (κ3) is 9.20. The van der Waals surface area contributed by atoms with Gasteiger partial charge in [0.15, 0.2) is 11.9 Å². The van der Waals surface area contributed by atoms with Crippen LogP contribution < -0.4 is 0 Å². The summed E-state index contributed by atoms with van der Waals surface area (Å²) in [4.78, 5) is 22.4. The van der Waals surface area contributed by atoms with Gasteiger partial charge in [-0.05, 0) is 43.3 Å². The van der Waals surface area contributed by atoms with Crippen LogP contribution in [0.5, 0.6) is 0 Å². The third-order valence-electron chi connectivity index (χ3n) is 7.20. The summed E-state index contributed by atoms with van der Waals surface area (Å²) < 4.78 is 78.8. The first-order chi connectivity index (χ1) is 23.7. The molecule has 0 saturated carbocycles. The second kappa shape index (κ2) is 16.5. The average molecular weight is 684 g/mol. The molecule has 0 radical (unpaired) electrons. The molecule has 2 aromatic carbocycles. The van der Waals surface area contributed by atoms with E-state index in [9.17, 15) is 22.4 Å². The van der Waals surface area contributed by atoms with Crippen LogP contribution in [-0.2, 0) is 29.9 Å². The molecule has 258 valence electrons. The van der Waals surface area contributed by atoms with Crippen molar-refractivity contribution in [2.45, 2.75) is 19.1 Å². The van der Waals surface area contributed by atoms with Crippen LogP contribution in [0.25, 0.3) is 34.0 Å². The van der Waals surface area contributed by atoms with Crippen LogP contribution in [-0.4, -0.2) is 88.7 Å². The van der Waals surface area contributed by atoms with Crippen molar-refractivity contribution in [3.8, 4) is 34.0 Å². The SMILES string of the molecule is Cc1ccc(-c2ccc(C(C(=O)OCCOCCOCCOCCO)n3ccc4nc(-c5ccccc5F)nc-4c3)nn2)c(C(F)(F)F)c1. The zero-order valence-electron chi connectivity index (χ0n) is 26.4. The highest BCUT2D eigenvalue weighted by atomic mass is 19.4. The highest BCUT2D eigenvalue weighted by Crippen LogP contribution is 2.37. The molecule has 1 aromatic heterocycles. The molecule has 2 aliphatic heterocycles. The standard InChI is InChI=1S/C34H33F4N5O6/c1-22-6-7-23(25(20-22)34(36,37)38)27-8-9-29(42-41-27)31(33(45)49-19-18-48-17-16-47-15-14-46-13-12-44)43-11-10-28-30(21-43)40-32(39-28)24-4-2-3-5-26(24)35/h2-11,20-21,31,44H,12-19H2,1H3. The van der Waals surface area contributed by atoms with E-state index in [1.165, 1.54) is 35.0 Å². The zero-order valence-corrected chi connectivity index (χ0v) is 26.4. The van der Waals surface area contributed by atoms with E-state index in [-0.39, 0.29) is 68.0 Å². The van der Waals surface area contributed by atoms with Gasteiger partial charge in [-0.2, -0.15) is 23.4 Å². The van der Waals surface area contributed by atoms with Crippen LogP contribution in [0.4, 0.5) is 17.6 Å². The molecule has 15 heteroatoms. The molecule has 1 unspecified atom stereocenters. The van der Waals surface area contributed by atoms with Crippen LogP contribution in [0.2, 0.25) is 0 Å². The Morgan fingerprint density at radius 1 is 0.816 bits per heavy atom. The number of aliphatic hydroxyl groups excluding tert-OH is 1. The van der Waals surface area contributed by atoms with Crippen LogP contribution in [0, 0.1) is 12.7 Å². The van der Waals surface area contributed by atoms with Gasteiger partial charge in [0.05, 0.1) is 74.5 Å². The van der Waals surface area contributed by atoms with Crippen molar-refractivity contribution in [1.29, 1.82) is 0 Å². The zero-order chi connectivity index (χ0) is 34.8. The van der Waals surface area contributed by atoms with E-state index in [2.05, 4.69) is 20.2 Å². The Balaban J connectivity index is 1.35. The summed E-state index contributed by atoms with van der Waals surface area (Å²) in [6, 6.07) is 13.1. The van der Waals surface area contributed by atoms with Gasteiger partial charge < -0.3 is 28.6 Å². The number of carbonyl (C=O) groups is 1. The molecule has 11 nitrogen and oxygen atoms in total. The summed E-state index contributed by atoms with van der Waals surface area (Å²) in [7, 11) is 0. The number of imidazole rings is 1. The first kappa shape index (κ1) is 35.5. The maximum absolute atomic E-state index is 14.4. The Labute approximate surface area is 278 Å². The number of carbonyl (C=O) groups excluding carboxylic acids is 1. The quantitative estimate of drug-likeness (QED) is 0.0847. The number of hydrogen-bond donors (Lipinski definition) is 1. The topological polar surface area (TPSA) is 131 Å². The van der Waals surface area contributed by atoms with Crippen molar-refractivity contribution >= 4 is 5.97 Å². The fourth-order valence-electron chi connectivity index (χ4n) is 4.88. The second-order valence-electron chi connectivity index (χ2n) is 10.7. The van der Waals surface area contributed by atoms with Crippen molar-refractivity contribution < 1.29 is 46.4 Å². The molecule has 3 heterocycles. The number of fused-ring (bicyclic) bond motifs is 1. The maximum atomic E-state index is 14.4. The fourth-order valence-corrected chi connectivity index (χ4v) is 4.88. The minimum atomic E-state index is -4.62. The van der Waals surface area contributed by atoms with Gasteiger partial charge in [-0.1, -0.05) is 29.8 Å². The van der Waals surface area contributed by atoms with E-state index in [0.717, 1.165) is 6.07 Å². The lowest BCUT2D eigenvalue weighted by atomic mass is 10.0. The molecule has 2 aliphatic rings. The summed E-state index contributed by atoms with van der Waals surface area (Å²) in [6.45, 7) is 2.85. The number of pyridine rings is 1. The number of hydrogen-bond acceptors (Lipinski definition) is 10. The van der Waals surface area contributed by atoms with Gasteiger partial charge in [0, 0.05) is 18.0 Å². The molecular weight excluding hydrogens is 650 g/mol.